The summed E-state index contributed by atoms with van der Waals surface area (Å²) in [5, 5.41) is 14.7. The number of thioether (sulfide) groups is 1. The second-order valence-electron chi connectivity index (χ2n) is 18.7. The molecule has 1 aliphatic carbocycles. The standard InChI is InChI=1S/C48H52ClF3N8O6S2/c1-47(2)15-11-33(38(26-47)31-3-5-34(49)6-4-31)28-57-17-19-58(20-18-57)35-7-9-37(40(24-35)59-29-43(48(50,51)52)67-46-42(59)23-32-12-16-53-44(32)55-46)45(61)56-68(64,65)36-8-10-39(41(25-36)60(62)63)54-27-30-13-21-66-22-14-30/h3-10,12,16,23-25,30,43,54H,11,13-15,17-22,26-29H2,1-2H3,(H,53,55)(H,56,61)/t43-/m0/s1. The largest absolute Gasteiger partial charge is 0.402 e. The molecule has 9 rings (SSSR count). The monoisotopic (exact) mass is 992 g/mol. The van der Waals surface area contributed by atoms with Gasteiger partial charge in [-0.05, 0) is 109 Å². The Morgan fingerprint density at radius 1 is 1.01 bits per heavy atom. The van der Waals surface area contributed by atoms with Crippen molar-refractivity contribution in [2.24, 2.45) is 11.3 Å². The molecule has 2 fully saturated rings. The number of aromatic nitrogens is 2. The molecule has 2 aromatic heterocycles. The quantitative estimate of drug-likeness (QED) is 0.0801. The van der Waals surface area contributed by atoms with Gasteiger partial charge in [0.1, 0.15) is 21.6 Å². The number of hydrogen-bond acceptors (Lipinski definition) is 12. The lowest BCUT2D eigenvalue weighted by atomic mass is 9.72. The first-order chi connectivity index (χ1) is 32.4. The highest BCUT2D eigenvalue weighted by atomic mass is 35.5. The van der Waals surface area contributed by atoms with Crippen molar-refractivity contribution in [2.45, 2.75) is 67.3 Å². The highest BCUT2D eigenvalue weighted by Gasteiger charge is 2.46. The number of carbonyl (C=O) groups is 1. The average Bonchev–Trinajstić information content (AvgIpc) is 3.78. The molecule has 360 valence electrons. The molecule has 1 atom stereocenters. The Morgan fingerprint density at radius 2 is 1.76 bits per heavy atom. The predicted octanol–water partition coefficient (Wildman–Crippen LogP) is 10.0. The van der Waals surface area contributed by atoms with Gasteiger partial charge in [-0.2, -0.15) is 13.2 Å². The predicted molar refractivity (Wildman–Crippen MR) is 260 cm³/mol. The molecule has 20 heteroatoms. The van der Waals surface area contributed by atoms with Gasteiger partial charge in [-0.3, -0.25) is 19.8 Å². The number of benzene rings is 3. The van der Waals surface area contributed by atoms with E-state index in [1.54, 1.807) is 30.5 Å². The van der Waals surface area contributed by atoms with E-state index in [9.17, 15) is 36.5 Å². The van der Waals surface area contributed by atoms with Gasteiger partial charge in [-0.25, -0.2) is 18.1 Å². The molecular weight excluding hydrogens is 941 g/mol. The number of hydrogen-bond donors (Lipinski definition) is 3. The highest BCUT2D eigenvalue weighted by molar-refractivity contribution is 8.00. The number of allylic oxidation sites excluding steroid dienone is 1. The van der Waals surface area contributed by atoms with E-state index < -0.39 is 49.4 Å². The van der Waals surface area contributed by atoms with E-state index in [0.29, 0.717) is 85.1 Å². The summed E-state index contributed by atoms with van der Waals surface area (Å²) >= 11 is 6.83. The first-order valence-electron chi connectivity index (χ1n) is 22.7. The number of pyridine rings is 1. The highest BCUT2D eigenvalue weighted by Crippen LogP contribution is 2.49. The number of nitro benzene ring substituents is 1. The van der Waals surface area contributed by atoms with Gasteiger partial charge >= 0.3 is 6.18 Å². The summed E-state index contributed by atoms with van der Waals surface area (Å²) in [5.41, 5.74) is 4.88. The summed E-state index contributed by atoms with van der Waals surface area (Å²) < 4.78 is 79.6. The Balaban J connectivity index is 1.02. The van der Waals surface area contributed by atoms with Crippen LogP contribution in [0.5, 0.6) is 0 Å². The number of nitrogens with one attached hydrogen (secondary N) is 3. The van der Waals surface area contributed by atoms with E-state index in [0.717, 1.165) is 44.7 Å². The number of carbonyl (C=O) groups excluding carboxylic acids is 1. The minimum atomic E-state index is -4.75. The molecule has 1 amide bonds. The van der Waals surface area contributed by atoms with Crippen molar-refractivity contribution in [2.75, 3.05) is 74.1 Å². The number of ether oxygens (including phenoxy) is 1. The number of amides is 1. The number of rotatable bonds is 12. The van der Waals surface area contributed by atoms with Crippen LogP contribution in [0.4, 0.5) is 41.6 Å². The van der Waals surface area contributed by atoms with Crippen LogP contribution in [0.1, 0.15) is 61.9 Å². The van der Waals surface area contributed by atoms with Gasteiger partial charge in [0, 0.05) is 87.4 Å². The maximum atomic E-state index is 14.7. The molecule has 0 saturated carbocycles. The molecule has 5 heterocycles. The van der Waals surface area contributed by atoms with Crippen LogP contribution >= 0.6 is 23.4 Å². The van der Waals surface area contributed by atoms with Crippen LogP contribution in [0.3, 0.4) is 0 Å². The van der Waals surface area contributed by atoms with Crippen LogP contribution in [0.2, 0.25) is 5.02 Å². The van der Waals surface area contributed by atoms with E-state index in [1.165, 1.54) is 39.8 Å². The lowest BCUT2D eigenvalue weighted by Crippen LogP contribution is -2.47. The van der Waals surface area contributed by atoms with Crippen molar-refractivity contribution in [3.05, 3.63) is 111 Å². The molecule has 5 aromatic rings. The van der Waals surface area contributed by atoms with Crippen molar-refractivity contribution in [3.8, 4) is 0 Å². The SMILES string of the molecule is CC1(C)CCC(CN2CCN(c3ccc(C(=O)NS(=O)(=O)c4ccc(NCC5CCOCC5)c([N+](=O)[O-])c4)c(N4C[C@@H](C(F)(F)F)Sc5nc6[nH]ccc6cc54)c3)CC2)=C(c2ccc(Cl)cc2)C1. The van der Waals surface area contributed by atoms with E-state index >= 15 is 0 Å². The fourth-order valence-corrected chi connectivity index (χ4v) is 11.7. The third-order valence-corrected chi connectivity index (χ3v) is 16.2. The van der Waals surface area contributed by atoms with Gasteiger partial charge in [0.05, 0.1) is 26.8 Å². The zero-order valence-electron chi connectivity index (χ0n) is 37.6. The van der Waals surface area contributed by atoms with Gasteiger partial charge in [0.2, 0.25) is 0 Å². The van der Waals surface area contributed by atoms with Gasteiger partial charge in [-0.1, -0.05) is 54.9 Å². The number of fused-ring (bicyclic) bond motifs is 2. The third-order valence-electron chi connectivity index (χ3n) is 13.4. The van der Waals surface area contributed by atoms with Crippen LogP contribution < -0.4 is 19.8 Å². The summed E-state index contributed by atoms with van der Waals surface area (Å²) in [4.78, 5) is 38.8. The normalized spacial score (nSPS) is 19.5. The Hall–Kier alpha value is -5.34. The number of aromatic amines is 1. The molecule has 3 aliphatic heterocycles. The van der Waals surface area contributed by atoms with Crippen molar-refractivity contribution in [1.29, 1.82) is 0 Å². The number of H-pyrrole nitrogens is 1. The van der Waals surface area contributed by atoms with Crippen molar-refractivity contribution in [3.63, 3.8) is 0 Å². The number of nitro groups is 1. The Bertz CT molecular complexity index is 2860. The fourth-order valence-electron chi connectivity index (χ4n) is 9.52. The van der Waals surface area contributed by atoms with Crippen LogP contribution in [0, 0.1) is 21.4 Å². The Kier molecular flexibility index (Phi) is 13.5. The molecule has 3 aromatic carbocycles. The van der Waals surface area contributed by atoms with Gasteiger partial charge < -0.3 is 24.8 Å². The topological polar surface area (TPSA) is 166 Å². The minimum Gasteiger partial charge on any atom is -0.381 e. The Labute approximate surface area is 401 Å². The van der Waals surface area contributed by atoms with Crippen molar-refractivity contribution < 1.29 is 36.0 Å². The number of alkyl halides is 3. The first kappa shape index (κ1) is 47.7. The molecule has 0 radical (unpaired) electrons. The van der Waals surface area contributed by atoms with Crippen molar-refractivity contribution >= 4 is 84.3 Å². The average molecular weight is 994 g/mol. The second kappa shape index (κ2) is 19.2. The van der Waals surface area contributed by atoms with Gasteiger partial charge in [0.15, 0.2) is 0 Å². The van der Waals surface area contributed by atoms with Crippen LogP contribution in [-0.4, -0.2) is 105 Å². The summed E-state index contributed by atoms with van der Waals surface area (Å²) in [6.45, 7) is 8.92. The molecule has 0 bridgehead atoms. The van der Waals surface area contributed by atoms with Gasteiger partial charge in [0.25, 0.3) is 21.6 Å². The lowest BCUT2D eigenvalue weighted by Gasteiger charge is -2.40. The Morgan fingerprint density at radius 3 is 2.49 bits per heavy atom. The molecule has 3 N–H and O–H groups in total. The molecule has 68 heavy (non-hydrogen) atoms. The van der Waals surface area contributed by atoms with Crippen LogP contribution in [-0.2, 0) is 14.8 Å². The van der Waals surface area contributed by atoms with E-state index in [4.69, 9.17) is 16.3 Å². The summed E-state index contributed by atoms with van der Waals surface area (Å²) in [7, 11) is -4.75. The molecule has 0 unspecified atom stereocenters. The van der Waals surface area contributed by atoms with Crippen molar-refractivity contribution in [1.82, 2.24) is 19.6 Å². The van der Waals surface area contributed by atoms with Gasteiger partial charge in [-0.15, -0.1) is 0 Å². The van der Waals surface area contributed by atoms with Crippen LogP contribution in [0.15, 0.2) is 94.5 Å². The van der Waals surface area contributed by atoms with E-state index in [-0.39, 0.29) is 33.3 Å². The zero-order valence-corrected chi connectivity index (χ0v) is 40.0. The number of halogens is 4. The van der Waals surface area contributed by atoms with Crippen LogP contribution in [0.25, 0.3) is 16.6 Å². The molecule has 4 aliphatic rings. The molecule has 14 nitrogen and oxygen atoms in total. The molecule has 2 saturated heterocycles. The molecular formula is C48H52ClF3N8O6S2. The maximum absolute atomic E-state index is 14.7. The zero-order chi connectivity index (χ0) is 48.0. The number of piperazine rings is 1. The van der Waals surface area contributed by atoms with E-state index in [2.05, 4.69) is 55.8 Å². The minimum absolute atomic E-state index is 0.0475. The second-order valence-corrected chi connectivity index (χ2v) is 22.0. The number of nitrogens with zero attached hydrogens (tertiary/aromatic N) is 5. The lowest BCUT2D eigenvalue weighted by molar-refractivity contribution is -0.384. The smallest absolute Gasteiger partial charge is 0.381 e. The number of anilines is 4. The third kappa shape index (κ3) is 10.5. The maximum Gasteiger partial charge on any atom is 0.402 e. The summed E-state index contributed by atoms with van der Waals surface area (Å²) in [6.07, 6.45) is 1.51. The number of sulfonamides is 1. The summed E-state index contributed by atoms with van der Waals surface area (Å²) in [5.74, 6) is -0.912. The van der Waals surface area contributed by atoms with E-state index in [1.807, 2.05) is 12.1 Å². The first-order valence-corrected chi connectivity index (χ1v) is 25.4. The fraction of sp³-hybridized carbons (Fsp3) is 0.417. The molecule has 0 spiro atoms. The summed E-state index contributed by atoms with van der Waals surface area (Å²) in [6, 6.07) is 19.5.